The first-order chi connectivity index (χ1) is 12.1. The van der Waals surface area contributed by atoms with E-state index in [9.17, 15) is 4.79 Å². The highest BCUT2D eigenvalue weighted by Gasteiger charge is 2.15. The van der Waals surface area contributed by atoms with Gasteiger partial charge in [0.1, 0.15) is 5.76 Å². The molecule has 0 unspecified atom stereocenters. The van der Waals surface area contributed by atoms with E-state index in [0.717, 1.165) is 22.7 Å². The molecule has 0 saturated heterocycles. The first-order valence-electron chi connectivity index (χ1n) is 7.76. The van der Waals surface area contributed by atoms with Crippen molar-refractivity contribution in [2.75, 3.05) is 5.32 Å². The van der Waals surface area contributed by atoms with E-state index in [2.05, 4.69) is 15.3 Å². The second-order valence-electron chi connectivity index (χ2n) is 5.56. The molecule has 6 heteroatoms. The lowest BCUT2D eigenvalue weighted by Gasteiger charge is -2.09. The summed E-state index contributed by atoms with van der Waals surface area (Å²) >= 11 is 0. The lowest BCUT2D eigenvalue weighted by molar-refractivity contribution is -0.111. The van der Waals surface area contributed by atoms with Crippen molar-refractivity contribution >= 4 is 17.2 Å². The summed E-state index contributed by atoms with van der Waals surface area (Å²) in [6, 6.07) is 12.9. The minimum atomic E-state index is -0.363. The number of rotatable bonds is 4. The van der Waals surface area contributed by atoms with E-state index < -0.39 is 0 Å². The molecule has 0 atom stereocenters. The molecule has 25 heavy (non-hydrogen) atoms. The van der Waals surface area contributed by atoms with Gasteiger partial charge in [0.15, 0.2) is 5.82 Å². The molecule has 126 valence electrons. The van der Waals surface area contributed by atoms with Crippen molar-refractivity contribution in [1.82, 2.24) is 9.97 Å². The van der Waals surface area contributed by atoms with Crippen molar-refractivity contribution in [2.45, 2.75) is 13.8 Å². The quantitative estimate of drug-likeness (QED) is 0.714. The predicted octanol–water partition coefficient (Wildman–Crippen LogP) is 3.29. The molecule has 0 spiro atoms. The topological polar surface area (TPSA) is 94.0 Å². The van der Waals surface area contributed by atoms with Gasteiger partial charge in [-0.05, 0) is 56.3 Å². The second-order valence-corrected chi connectivity index (χ2v) is 5.56. The molecule has 0 saturated carbocycles. The summed E-state index contributed by atoms with van der Waals surface area (Å²) < 4.78 is 5.35. The van der Waals surface area contributed by atoms with Gasteiger partial charge >= 0.3 is 0 Å². The van der Waals surface area contributed by atoms with Crippen LogP contribution >= 0.6 is 0 Å². The average Bonchev–Trinajstić information content (AvgIpc) is 3.10. The first-order valence-corrected chi connectivity index (χ1v) is 7.76. The van der Waals surface area contributed by atoms with Gasteiger partial charge in [-0.3, -0.25) is 4.79 Å². The summed E-state index contributed by atoms with van der Waals surface area (Å²) in [4.78, 5) is 21.1. The Morgan fingerprint density at radius 2 is 1.80 bits per heavy atom. The third-order valence-electron chi connectivity index (χ3n) is 3.58. The molecule has 0 aliphatic carbocycles. The molecule has 0 radical (unpaired) electrons. The molecule has 1 amide bonds. The molecule has 3 rings (SSSR count). The van der Waals surface area contributed by atoms with Gasteiger partial charge in [-0.15, -0.1) is 0 Å². The fraction of sp³-hybridized carbons (Fsp3) is 0.105. The van der Waals surface area contributed by atoms with E-state index in [1.54, 1.807) is 18.4 Å². The zero-order chi connectivity index (χ0) is 17.8. The molecule has 2 heterocycles. The number of nitrogens with zero attached hydrogens (tertiary/aromatic N) is 2. The second kappa shape index (κ2) is 7.00. The highest BCUT2D eigenvalue weighted by Crippen LogP contribution is 2.22. The van der Waals surface area contributed by atoms with E-state index in [0.29, 0.717) is 11.5 Å². The Hall–Kier alpha value is -3.41. The van der Waals surface area contributed by atoms with Crippen LogP contribution in [0.2, 0.25) is 0 Å². The van der Waals surface area contributed by atoms with Crippen molar-refractivity contribution in [1.29, 1.82) is 0 Å². The van der Waals surface area contributed by atoms with Crippen LogP contribution in [0.15, 0.2) is 59.3 Å². The fourth-order valence-corrected chi connectivity index (χ4v) is 2.46. The molecule has 0 aliphatic heterocycles. The Morgan fingerprint density at radius 1 is 1.12 bits per heavy atom. The van der Waals surface area contributed by atoms with Crippen LogP contribution in [0.4, 0.5) is 5.69 Å². The molecular weight excluding hydrogens is 316 g/mol. The van der Waals surface area contributed by atoms with Crippen LogP contribution in [0.25, 0.3) is 16.9 Å². The number of carbonyl (C=O) groups excluding carboxylic acids is 1. The number of furan rings is 1. The summed E-state index contributed by atoms with van der Waals surface area (Å²) in [6.45, 7) is 3.69. The van der Waals surface area contributed by atoms with Crippen molar-refractivity contribution in [2.24, 2.45) is 5.73 Å². The van der Waals surface area contributed by atoms with Gasteiger partial charge in [0, 0.05) is 28.8 Å². The summed E-state index contributed by atoms with van der Waals surface area (Å²) in [7, 11) is 0. The zero-order valence-electron chi connectivity index (χ0n) is 14.0. The van der Waals surface area contributed by atoms with Gasteiger partial charge < -0.3 is 15.5 Å². The van der Waals surface area contributed by atoms with Crippen LogP contribution < -0.4 is 11.1 Å². The smallest absolute Gasteiger partial charge is 0.260 e. The maximum absolute atomic E-state index is 12.5. The molecule has 0 bridgehead atoms. The number of hydrogen-bond acceptors (Lipinski definition) is 5. The van der Waals surface area contributed by atoms with E-state index in [-0.39, 0.29) is 11.5 Å². The molecular formula is C19H18N4O2. The van der Waals surface area contributed by atoms with E-state index in [4.69, 9.17) is 10.2 Å². The first kappa shape index (κ1) is 16.4. The maximum Gasteiger partial charge on any atom is 0.260 e. The fourth-order valence-electron chi connectivity index (χ4n) is 2.46. The van der Waals surface area contributed by atoms with E-state index in [1.165, 1.54) is 6.20 Å². The largest absolute Gasteiger partial charge is 0.464 e. The predicted molar refractivity (Wildman–Crippen MR) is 96.4 cm³/mol. The lowest BCUT2D eigenvalue weighted by atomic mass is 10.1. The van der Waals surface area contributed by atoms with E-state index in [1.807, 2.05) is 44.2 Å². The minimum absolute atomic E-state index is 0.224. The highest BCUT2D eigenvalue weighted by molar-refractivity contribution is 6.24. The summed E-state index contributed by atoms with van der Waals surface area (Å²) in [5, 5.41) is 2.81. The van der Waals surface area contributed by atoms with Gasteiger partial charge in [-0.2, -0.15) is 0 Å². The number of aryl methyl sites for hydroxylation is 2. The average molecular weight is 334 g/mol. The van der Waals surface area contributed by atoms with Gasteiger partial charge in [-0.25, -0.2) is 9.97 Å². The molecule has 0 aliphatic rings. The molecule has 6 nitrogen and oxygen atoms in total. The van der Waals surface area contributed by atoms with Crippen LogP contribution in [0, 0.1) is 13.8 Å². The SMILES string of the molecule is Cc1cc(C)nc(C(=CN)C(=O)Nc2ccc(-c3ccco3)cc2)n1. The molecule has 0 fully saturated rings. The number of nitrogens with two attached hydrogens (primary N) is 1. The maximum atomic E-state index is 12.5. The number of nitrogens with one attached hydrogen (secondary N) is 1. The molecule has 3 aromatic rings. The van der Waals surface area contributed by atoms with Gasteiger partial charge in [0.2, 0.25) is 0 Å². The number of carbonyl (C=O) groups is 1. The number of hydrogen-bond donors (Lipinski definition) is 2. The summed E-state index contributed by atoms with van der Waals surface area (Å²) in [6.07, 6.45) is 2.84. The Labute approximate surface area is 145 Å². The number of anilines is 1. The van der Waals surface area contributed by atoms with Crippen LogP contribution in [-0.2, 0) is 4.79 Å². The molecule has 3 N–H and O–H groups in total. The lowest BCUT2D eigenvalue weighted by Crippen LogP contribution is -2.17. The van der Waals surface area contributed by atoms with Crippen molar-refractivity contribution in [3.63, 3.8) is 0 Å². The monoisotopic (exact) mass is 334 g/mol. The van der Waals surface area contributed by atoms with Gasteiger partial charge in [0.05, 0.1) is 11.8 Å². The Kier molecular flexibility index (Phi) is 4.61. The third kappa shape index (κ3) is 3.74. The summed E-state index contributed by atoms with van der Waals surface area (Å²) in [5.41, 5.74) is 8.98. The van der Waals surface area contributed by atoms with Crippen LogP contribution in [0.5, 0.6) is 0 Å². The Bertz CT molecular complexity index is 893. The Morgan fingerprint density at radius 3 is 2.36 bits per heavy atom. The molecule has 2 aromatic heterocycles. The summed E-state index contributed by atoms with van der Waals surface area (Å²) in [5.74, 6) is 0.715. The van der Waals surface area contributed by atoms with E-state index >= 15 is 0 Å². The third-order valence-corrected chi connectivity index (χ3v) is 3.58. The van der Waals surface area contributed by atoms with Crippen LogP contribution in [0.1, 0.15) is 17.2 Å². The normalized spacial score (nSPS) is 11.4. The number of aromatic nitrogens is 2. The minimum Gasteiger partial charge on any atom is -0.464 e. The highest BCUT2D eigenvalue weighted by atomic mass is 16.3. The van der Waals surface area contributed by atoms with Gasteiger partial charge in [-0.1, -0.05) is 0 Å². The van der Waals surface area contributed by atoms with Gasteiger partial charge in [0.25, 0.3) is 5.91 Å². The van der Waals surface area contributed by atoms with Crippen molar-refractivity contribution in [3.8, 4) is 11.3 Å². The number of amides is 1. The molecule has 1 aromatic carbocycles. The van der Waals surface area contributed by atoms with Crippen LogP contribution in [0.3, 0.4) is 0 Å². The van der Waals surface area contributed by atoms with Crippen LogP contribution in [-0.4, -0.2) is 15.9 Å². The standard InChI is InChI=1S/C19H18N4O2/c1-12-10-13(2)22-18(21-12)16(11-20)19(24)23-15-7-5-14(6-8-15)17-4-3-9-25-17/h3-11H,20H2,1-2H3,(H,23,24). The van der Waals surface area contributed by atoms with Crippen molar-refractivity contribution < 1.29 is 9.21 Å². The Balaban J connectivity index is 1.78. The zero-order valence-corrected chi connectivity index (χ0v) is 14.0. The number of benzene rings is 1. The van der Waals surface area contributed by atoms with Crippen molar-refractivity contribution in [3.05, 3.63) is 72.1 Å².